The van der Waals surface area contributed by atoms with Gasteiger partial charge in [0.2, 0.25) is 0 Å². The third-order valence-corrected chi connectivity index (χ3v) is 2.86. The number of pyridine rings is 1. The van der Waals surface area contributed by atoms with E-state index in [1.807, 2.05) is 0 Å². The Balaban J connectivity index is 0.00000256. The summed E-state index contributed by atoms with van der Waals surface area (Å²) in [6.45, 7) is 0. The second kappa shape index (κ2) is 6.71. The van der Waals surface area contributed by atoms with Crippen LogP contribution in [0.5, 0.6) is 0 Å². The molecule has 0 unspecified atom stereocenters. The van der Waals surface area contributed by atoms with E-state index in [1.54, 1.807) is 6.07 Å². The third-order valence-electron chi connectivity index (χ3n) is 1.96. The smallest absolute Gasteiger partial charge is 0.354 e. The number of hydrogen-bond donors (Lipinski definition) is 3. The number of aromatic nitrogens is 1. The first kappa shape index (κ1) is 16.1. The largest absolute Gasteiger partial charge is 0.477 e. The lowest BCUT2D eigenvalue weighted by Crippen LogP contribution is -2.00. The number of rotatable bonds is 5. The van der Waals surface area contributed by atoms with Gasteiger partial charge in [0.25, 0.3) is 0 Å². The maximum absolute atomic E-state index is 10.6. The zero-order valence-corrected chi connectivity index (χ0v) is 10.5. The summed E-state index contributed by atoms with van der Waals surface area (Å²) in [5, 5.41) is 8.59. The van der Waals surface area contributed by atoms with E-state index in [0.29, 0.717) is 12.8 Å². The summed E-state index contributed by atoms with van der Waals surface area (Å²) in [7, 11) is -3.94. The molecule has 0 bridgehead atoms. The van der Waals surface area contributed by atoms with Gasteiger partial charge in [-0.25, -0.2) is 9.78 Å². The maximum Gasteiger partial charge on any atom is 0.354 e. The highest BCUT2D eigenvalue weighted by Crippen LogP contribution is 2.35. The predicted molar refractivity (Wildman–Crippen MR) is 63.7 cm³/mol. The predicted octanol–water partition coefficient (Wildman–Crippen LogP) is 1.31. The second-order valence-corrected chi connectivity index (χ2v) is 5.13. The van der Waals surface area contributed by atoms with Crippen LogP contribution >= 0.6 is 20.0 Å². The van der Waals surface area contributed by atoms with Gasteiger partial charge < -0.3 is 14.9 Å². The van der Waals surface area contributed by atoms with Crippen molar-refractivity contribution in [3.8, 4) is 0 Å². The molecule has 0 aromatic carbocycles. The molecule has 96 valence electrons. The quantitative estimate of drug-likeness (QED) is 0.702. The molecule has 1 aromatic heterocycles. The fourth-order valence-electron chi connectivity index (χ4n) is 1.19. The van der Waals surface area contributed by atoms with Crippen LogP contribution in [-0.2, 0) is 11.0 Å². The van der Waals surface area contributed by atoms with Gasteiger partial charge in [0.05, 0.1) is 6.16 Å². The van der Waals surface area contributed by atoms with Crippen molar-refractivity contribution in [3.63, 3.8) is 0 Å². The standard InChI is InChI=1S/C9H12NO5P.ClH/c11-9(12)8-4-3-7(6-10-8)2-1-5-16(13,14)15;/h3-4,6H,1-2,5H2,(H,11,12)(H2,13,14,15);1H. The van der Waals surface area contributed by atoms with Gasteiger partial charge in [0.1, 0.15) is 5.69 Å². The van der Waals surface area contributed by atoms with Gasteiger partial charge in [-0.1, -0.05) is 6.07 Å². The van der Waals surface area contributed by atoms with Crippen molar-refractivity contribution in [2.24, 2.45) is 0 Å². The zero-order chi connectivity index (χ0) is 12.2. The van der Waals surface area contributed by atoms with Gasteiger partial charge in [-0.2, -0.15) is 0 Å². The molecule has 1 aromatic rings. The molecule has 0 aliphatic carbocycles. The number of aryl methyl sites for hydroxylation is 1. The Morgan fingerprint density at radius 3 is 2.41 bits per heavy atom. The number of carboxylic acids is 1. The van der Waals surface area contributed by atoms with E-state index in [2.05, 4.69) is 4.98 Å². The Labute approximate surface area is 104 Å². The van der Waals surface area contributed by atoms with Crippen molar-refractivity contribution in [3.05, 3.63) is 29.6 Å². The van der Waals surface area contributed by atoms with E-state index < -0.39 is 13.6 Å². The fourth-order valence-corrected chi connectivity index (χ4v) is 1.76. The topological polar surface area (TPSA) is 108 Å². The van der Waals surface area contributed by atoms with Crippen molar-refractivity contribution in [2.75, 3.05) is 6.16 Å². The summed E-state index contributed by atoms with van der Waals surface area (Å²) < 4.78 is 10.6. The lowest BCUT2D eigenvalue weighted by molar-refractivity contribution is 0.0690. The van der Waals surface area contributed by atoms with Crippen LogP contribution in [0.4, 0.5) is 0 Å². The molecule has 0 fully saturated rings. The Morgan fingerprint density at radius 1 is 1.35 bits per heavy atom. The first-order valence-electron chi connectivity index (χ1n) is 4.61. The molecule has 8 heteroatoms. The molecule has 3 N–H and O–H groups in total. The SMILES string of the molecule is Cl.O=C(O)c1ccc(CCCP(=O)(O)O)cn1. The summed E-state index contributed by atoms with van der Waals surface area (Å²) in [5.41, 5.74) is 0.720. The van der Waals surface area contributed by atoms with E-state index >= 15 is 0 Å². The molecule has 17 heavy (non-hydrogen) atoms. The monoisotopic (exact) mass is 281 g/mol. The lowest BCUT2D eigenvalue weighted by atomic mass is 10.1. The van der Waals surface area contributed by atoms with Gasteiger partial charge in [0, 0.05) is 6.20 Å². The highest BCUT2D eigenvalue weighted by atomic mass is 35.5. The molecule has 0 atom stereocenters. The maximum atomic E-state index is 10.6. The lowest BCUT2D eigenvalue weighted by Gasteiger charge is -2.03. The Kier molecular flexibility index (Phi) is 6.34. The summed E-state index contributed by atoms with van der Waals surface area (Å²) in [4.78, 5) is 31.5. The number of halogens is 1. The molecule has 0 aliphatic rings. The molecule has 0 amide bonds. The van der Waals surface area contributed by atoms with Gasteiger partial charge in [0.15, 0.2) is 0 Å². The molecule has 0 saturated heterocycles. The van der Waals surface area contributed by atoms with Crippen LogP contribution in [0.25, 0.3) is 0 Å². The second-order valence-electron chi connectivity index (χ2n) is 3.35. The van der Waals surface area contributed by atoms with Gasteiger partial charge in [-0.15, -0.1) is 12.4 Å². The highest BCUT2D eigenvalue weighted by molar-refractivity contribution is 7.51. The minimum Gasteiger partial charge on any atom is -0.477 e. The minimum atomic E-state index is -3.94. The van der Waals surface area contributed by atoms with Crippen LogP contribution < -0.4 is 0 Å². The molecular formula is C9H13ClNO5P. The Bertz CT molecular complexity index is 416. The van der Waals surface area contributed by atoms with E-state index in [1.165, 1.54) is 12.3 Å². The highest BCUT2D eigenvalue weighted by Gasteiger charge is 2.11. The average molecular weight is 282 g/mol. The van der Waals surface area contributed by atoms with Crippen molar-refractivity contribution in [1.82, 2.24) is 4.98 Å². The number of aromatic carboxylic acids is 1. The molecule has 6 nitrogen and oxygen atoms in total. The van der Waals surface area contributed by atoms with Crippen LogP contribution in [0.2, 0.25) is 0 Å². The van der Waals surface area contributed by atoms with Crippen molar-refractivity contribution >= 4 is 26.0 Å². The van der Waals surface area contributed by atoms with Crippen LogP contribution in [0.1, 0.15) is 22.5 Å². The molecule has 0 radical (unpaired) electrons. The van der Waals surface area contributed by atoms with Crippen LogP contribution in [0.3, 0.4) is 0 Å². The summed E-state index contributed by atoms with van der Waals surface area (Å²) in [6.07, 6.45) is 2.05. The molecular weight excluding hydrogens is 269 g/mol. The third kappa shape index (κ3) is 6.38. The fraction of sp³-hybridized carbons (Fsp3) is 0.333. The van der Waals surface area contributed by atoms with Crippen molar-refractivity contribution in [1.29, 1.82) is 0 Å². The zero-order valence-electron chi connectivity index (χ0n) is 8.81. The normalized spacial score (nSPS) is 10.7. The van der Waals surface area contributed by atoms with Crippen LogP contribution in [0, 0.1) is 0 Å². The minimum absolute atomic E-state index is 0. The van der Waals surface area contributed by atoms with E-state index in [9.17, 15) is 9.36 Å². The van der Waals surface area contributed by atoms with Gasteiger partial charge in [-0.05, 0) is 24.5 Å². The summed E-state index contributed by atoms with van der Waals surface area (Å²) in [6, 6.07) is 2.96. The Hall–Kier alpha value is -0.940. The van der Waals surface area contributed by atoms with Crippen LogP contribution in [0.15, 0.2) is 18.3 Å². The number of carbonyl (C=O) groups is 1. The molecule has 0 saturated carbocycles. The average Bonchev–Trinajstić information content (AvgIpc) is 2.16. The number of nitrogens with zero attached hydrogens (tertiary/aromatic N) is 1. The molecule has 0 aliphatic heterocycles. The first-order valence-corrected chi connectivity index (χ1v) is 6.41. The summed E-state index contributed by atoms with van der Waals surface area (Å²) in [5.74, 6) is -1.10. The van der Waals surface area contributed by atoms with E-state index in [-0.39, 0.29) is 24.3 Å². The van der Waals surface area contributed by atoms with Crippen molar-refractivity contribution < 1.29 is 24.3 Å². The number of hydrogen-bond acceptors (Lipinski definition) is 3. The number of carboxylic acid groups (broad SMARTS) is 1. The van der Waals surface area contributed by atoms with Gasteiger partial charge in [-0.3, -0.25) is 4.57 Å². The van der Waals surface area contributed by atoms with Crippen molar-refractivity contribution in [2.45, 2.75) is 12.8 Å². The van der Waals surface area contributed by atoms with E-state index in [0.717, 1.165) is 5.56 Å². The molecule has 1 heterocycles. The summed E-state index contributed by atoms with van der Waals surface area (Å²) >= 11 is 0. The van der Waals surface area contributed by atoms with Crippen LogP contribution in [-0.4, -0.2) is 32.0 Å². The molecule has 0 spiro atoms. The first-order chi connectivity index (χ1) is 7.38. The Morgan fingerprint density at radius 2 is 2.00 bits per heavy atom. The van der Waals surface area contributed by atoms with E-state index in [4.69, 9.17) is 14.9 Å². The van der Waals surface area contributed by atoms with Gasteiger partial charge >= 0.3 is 13.6 Å². The molecule has 1 rings (SSSR count).